The van der Waals surface area contributed by atoms with Gasteiger partial charge < -0.3 is 10.1 Å². The highest BCUT2D eigenvalue weighted by Crippen LogP contribution is 2.30. The summed E-state index contributed by atoms with van der Waals surface area (Å²) in [6, 6.07) is 9.45. The van der Waals surface area contributed by atoms with Crippen molar-refractivity contribution >= 4 is 40.7 Å². The Morgan fingerprint density at radius 1 is 1.21 bits per heavy atom. The second kappa shape index (κ2) is 7.85. The molecule has 0 unspecified atom stereocenters. The van der Waals surface area contributed by atoms with Gasteiger partial charge in [-0.3, -0.25) is 4.79 Å². The van der Waals surface area contributed by atoms with Crippen molar-refractivity contribution in [3.63, 3.8) is 0 Å². The number of aryl methyl sites for hydroxylation is 2. The maximum atomic E-state index is 12.1. The number of thioether (sulfide) groups is 1. The summed E-state index contributed by atoms with van der Waals surface area (Å²) >= 11 is 3.13. The van der Waals surface area contributed by atoms with Gasteiger partial charge in [0.15, 0.2) is 6.61 Å². The summed E-state index contributed by atoms with van der Waals surface area (Å²) < 4.78 is 5.14. The lowest BCUT2D eigenvalue weighted by Gasteiger charge is -2.08. The SMILES string of the molecule is CSc1ccc(NC(=O)COC(=O)c2cc3c(s2)CCCC3)cc1. The van der Waals surface area contributed by atoms with Crippen molar-refractivity contribution in [3.8, 4) is 0 Å². The van der Waals surface area contributed by atoms with Crippen molar-refractivity contribution in [1.29, 1.82) is 0 Å². The molecule has 0 bridgehead atoms. The number of carbonyl (C=O) groups excluding carboxylic acids is 2. The molecule has 2 aromatic rings. The summed E-state index contributed by atoms with van der Waals surface area (Å²) in [6.45, 7) is -0.272. The Balaban J connectivity index is 1.51. The second-order valence-electron chi connectivity index (χ2n) is 5.62. The zero-order chi connectivity index (χ0) is 16.9. The summed E-state index contributed by atoms with van der Waals surface area (Å²) in [7, 11) is 0. The first kappa shape index (κ1) is 17.0. The minimum Gasteiger partial charge on any atom is -0.451 e. The summed E-state index contributed by atoms with van der Waals surface area (Å²) in [6.07, 6.45) is 6.43. The maximum Gasteiger partial charge on any atom is 0.348 e. The lowest BCUT2D eigenvalue weighted by molar-refractivity contribution is -0.119. The van der Waals surface area contributed by atoms with Gasteiger partial charge in [0.25, 0.3) is 5.91 Å². The molecule has 1 aromatic carbocycles. The number of benzene rings is 1. The molecule has 1 aliphatic carbocycles. The molecule has 0 spiro atoms. The van der Waals surface area contributed by atoms with Crippen LogP contribution in [0.4, 0.5) is 5.69 Å². The predicted molar refractivity (Wildman–Crippen MR) is 98.1 cm³/mol. The van der Waals surface area contributed by atoms with E-state index >= 15 is 0 Å². The summed E-state index contributed by atoms with van der Waals surface area (Å²) in [4.78, 5) is 27.0. The minimum atomic E-state index is -0.415. The summed E-state index contributed by atoms with van der Waals surface area (Å²) in [5.74, 6) is -0.746. The molecule has 126 valence electrons. The fraction of sp³-hybridized carbons (Fsp3) is 0.333. The zero-order valence-electron chi connectivity index (χ0n) is 13.5. The van der Waals surface area contributed by atoms with E-state index in [1.807, 2.05) is 36.6 Å². The Morgan fingerprint density at radius 3 is 2.67 bits per heavy atom. The number of rotatable bonds is 5. The van der Waals surface area contributed by atoms with Gasteiger partial charge in [0, 0.05) is 15.5 Å². The van der Waals surface area contributed by atoms with Gasteiger partial charge in [-0.05, 0) is 67.8 Å². The second-order valence-corrected chi connectivity index (χ2v) is 7.64. The molecule has 4 nitrogen and oxygen atoms in total. The first-order valence-corrected chi connectivity index (χ1v) is 9.92. The normalized spacial score (nSPS) is 13.2. The van der Waals surface area contributed by atoms with E-state index in [-0.39, 0.29) is 12.5 Å². The van der Waals surface area contributed by atoms with E-state index in [1.165, 1.54) is 34.6 Å². The Morgan fingerprint density at radius 2 is 1.96 bits per heavy atom. The largest absolute Gasteiger partial charge is 0.451 e. The molecule has 1 N–H and O–H groups in total. The molecular formula is C18H19NO3S2. The topological polar surface area (TPSA) is 55.4 Å². The van der Waals surface area contributed by atoms with Crippen LogP contribution in [0.25, 0.3) is 0 Å². The molecule has 1 heterocycles. The third-order valence-electron chi connectivity index (χ3n) is 3.91. The number of ether oxygens (including phenoxy) is 1. The summed E-state index contributed by atoms with van der Waals surface area (Å²) in [5, 5.41) is 2.73. The van der Waals surface area contributed by atoms with Crippen molar-refractivity contribution in [2.24, 2.45) is 0 Å². The molecule has 0 atom stereocenters. The number of fused-ring (bicyclic) bond motifs is 1. The van der Waals surface area contributed by atoms with Crippen LogP contribution < -0.4 is 5.32 Å². The Kier molecular flexibility index (Phi) is 5.58. The van der Waals surface area contributed by atoms with Crippen molar-refractivity contribution < 1.29 is 14.3 Å². The highest BCUT2D eigenvalue weighted by atomic mass is 32.2. The van der Waals surface area contributed by atoms with Crippen LogP contribution in [0.3, 0.4) is 0 Å². The fourth-order valence-electron chi connectivity index (χ4n) is 2.66. The van der Waals surface area contributed by atoms with E-state index in [1.54, 1.807) is 11.8 Å². The van der Waals surface area contributed by atoms with Crippen LogP contribution in [0.5, 0.6) is 0 Å². The Bertz CT molecular complexity index is 714. The first-order valence-electron chi connectivity index (χ1n) is 7.88. The van der Waals surface area contributed by atoms with Gasteiger partial charge in [-0.1, -0.05) is 0 Å². The van der Waals surface area contributed by atoms with Crippen LogP contribution >= 0.6 is 23.1 Å². The van der Waals surface area contributed by atoms with Gasteiger partial charge in [0.1, 0.15) is 4.88 Å². The smallest absolute Gasteiger partial charge is 0.348 e. The number of nitrogens with one attached hydrogen (secondary N) is 1. The Hall–Kier alpha value is -1.79. The monoisotopic (exact) mass is 361 g/mol. The quantitative estimate of drug-likeness (QED) is 0.642. The standard InChI is InChI=1S/C18H19NO3S2/c1-23-14-8-6-13(7-9-14)19-17(20)11-22-18(21)16-10-12-4-2-3-5-15(12)24-16/h6-10H,2-5,11H2,1H3,(H,19,20). The number of amides is 1. The van der Waals surface area contributed by atoms with Crippen molar-refractivity contribution in [1.82, 2.24) is 0 Å². The average molecular weight is 361 g/mol. The van der Waals surface area contributed by atoms with Gasteiger partial charge in [0.05, 0.1) is 0 Å². The molecule has 0 aliphatic heterocycles. The van der Waals surface area contributed by atoms with Crippen LogP contribution in [0, 0.1) is 0 Å². The number of esters is 1. The van der Waals surface area contributed by atoms with Crippen molar-refractivity contribution in [3.05, 3.63) is 45.6 Å². The van der Waals surface area contributed by atoms with Crippen LogP contribution in [-0.2, 0) is 22.4 Å². The molecule has 1 amide bonds. The third kappa shape index (κ3) is 4.19. The summed E-state index contributed by atoms with van der Waals surface area (Å²) in [5.41, 5.74) is 1.96. The molecule has 0 saturated carbocycles. The van der Waals surface area contributed by atoms with Crippen molar-refractivity contribution in [2.75, 3.05) is 18.2 Å². The molecule has 0 radical (unpaired) electrons. The number of anilines is 1. The van der Waals surface area contributed by atoms with Crippen LogP contribution in [-0.4, -0.2) is 24.7 Å². The zero-order valence-corrected chi connectivity index (χ0v) is 15.1. The number of carbonyl (C=O) groups is 2. The van der Waals surface area contributed by atoms with E-state index in [4.69, 9.17) is 4.74 Å². The van der Waals surface area contributed by atoms with Crippen LogP contribution in [0.1, 0.15) is 33.0 Å². The molecular weight excluding hydrogens is 342 g/mol. The average Bonchev–Trinajstić information content (AvgIpc) is 3.04. The van der Waals surface area contributed by atoms with E-state index < -0.39 is 5.97 Å². The van der Waals surface area contributed by atoms with Gasteiger partial charge >= 0.3 is 5.97 Å². The number of thiophene rings is 1. The van der Waals surface area contributed by atoms with Gasteiger partial charge in [-0.25, -0.2) is 4.79 Å². The van der Waals surface area contributed by atoms with E-state index in [0.717, 1.165) is 17.7 Å². The fourth-order valence-corrected chi connectivity index (χ4v) is 4.22. The Labute approximate surface area is 149 Å². The highest BCUT2D eigenvalue weighted by molar-refractivity contribution is 7.98. The van der Waals surface area contributed by atoms with Gasteiger partial charge in [0.2, 0.25) is 0 Å². The lowest BCUT2D eigenvalue weighted by Crippen LogP contribution is -2.20. The maximum absolute atomic E-state index is 12.1. The van der Waals surface area contributed by atoms with Crippen molar-refractivity contribution in [2.45, 2.75) is 30.6 Å². The van der Waals surface area contributed by atoms with E-state index in [0.29, 0.717) is 10.6 Å². The van der Waals surface area contributed by atoms with Crippen LogP contribution in [0.15, 0.2) is 35.2 Å². The van der Waals surface area contributed by atoms with Crippen LogP contribution in [0.2, 0.25) is 0 Å². The number of hydrogen-bond donors (Lipinski definition) is 1. The predicted octanol–water partition coefficient (Wildman–Crippen LogP) is 4.14. The molecule has 0 saturated heterocycles. The van der Waals surface area contributed by atoms with Gasteiger partial charge in [-0.2, -0.15) is 0 Å². The number of hydrogen-bond acceptors (Lipinski definition) is 5. The third-order valence-corrected chi connectivity index (χ3v) is 5.87. The van der Waals surface area contributed by atoms with Gasteiger partial charge in [-0.15, -0.1) is 23.1 Å². The highest BCUT2D eigenvalue weighted by Gasteiger charge is 2.18. The first-order chi connectivity index (χ1) is 11.7. The molecule has 3 rings (SSSR count). The molecule has 1 aromatic heterocycles. The molecule has 6 heteroatoms. The molecule has 24 heavy (non-hydrogen) atoms. The molecule has 1 aliphatic rings. The van der Waals surface area contributed by atoms with E-state index in [2.05, 4.69) is 5.32 Å². The van der Waals surface area contributed by atoms with E-state index in [9.17, 15) is 9.59 Å². The lowest BCUT2D eigenvalue weighted by atomic mass is 9.99. The minimum absolute atomic E-state index is 0.272. The molecule has 0 fully saturated rings.